The van der Waals surface area contributed by atoms with Gasteiger partial charge in [-0.25, -0.2) is 0 Å². The maximum atomic E-state index is 5.91. The molecule has 0 aliphatic carbocycles. The molecule has 1 aliphatic heterocycles. The highest BCUT2D eigenvalue weighted by molar-refractivity contribution is 7.99. The highest BCUT2D eigenvalue weighted by Gasteiger charge is 2.28. The van der Waals surface area contributed by atoms with E-state index >= 15 is 0 Å². The largest absolute Gasteiger partial charge is 0.338 e. The van der Waals surface area contributed by atoms with Gasteiger partial charge < -0.3 is 10.3 Å². The van der Waals surface area contributed by atoms with Crippen molar-refractivity contribution in [3.05, 3.63) is 41.5 Å². The SMILES string of the molecule is CCC(N)Cc1noc(C2Cc3ccccc3S2)n1. The van der Waals surface area contributed by atoms with Gasteiger partial charge in [0, 0.05) is 17.4 Å². The predicted octanol–water partition coefficient (Wildman–Crippen LogP) is 2.74. The summed E-state index contributed by atoms with van der Waals surface area (Å²) in [4.78, 5) is 5.80. The lowest BCUT2D eigenvalue weighted by Gasteiger charge is -2.03. The van der Waals surface area contributed by atoms with Crippen LogP contribution in [0.15, 0.2) is 33.7 Å². The number of benzene rings is 1. The lowest BCUT2D eigenvalue weighted by Crippen LogP contribution is -2.22. The van der Waals surface area contributed by atoms with Gasteiger partial charge in [0.2, 0.25) is 5.89 Å². The van der Waals surface area contributed by atoms with E-state index in [4.69, 9.17) is 10.3 Å². The average molecular weight is 275 g/mol. The molecule has 0 bridgehead atoms. The third-order valence-corrected chi connectivity index (χ3v) is 4.68. The number of nitrogens with two attached hydrogens (primary N) is 1. The molecule has 0 fully saturated rings. The second kappa shape index (κ2) is 5.35. The Bertz CT molecular complexity index is 544. The minimum atomic E-state index is 0.110. The Hall–Kier alpha value is -1.33. The summed E-state index contributed by atoms with van der Waals surface area (Å²) in [7, 11) is 0. The molecule has 2 N–H and O–H groups in total. The molecule has 2 heterocycles. The molecule has 0 saturated carbocycles. The molecule has 2 unspecified atom stereocenters. The second-order valence-electron chi connectivity index (χ2n) is 4.84. The summed E-state index contributed by atoms with van der Waals surface area (Å²) in [6.45, 7) is 2.06. The lowest BCUT2D eigenvalue weighted by molar-refractivity contribution is 0.370. The predicted molar refractivity (Wildman–Crippen MR) is 75.0 cm³/mol. The van der Waals surface area contributed by atoms with Crippen LogP contribution in [-0.4, -0.2) is 16.2 Å². The van der Waals surface area contributed by atoms with Crippen LogP contribution in [0, 0.1) is 0 Å². The van der Waals surface area contributed by atoms with Crippen molar-refractivity contribution in [1.82, 2.24) is 10.1 Å². The molecule has 0 saturated heterocycles. The molecule has 1 aromatic carbocycles. The highest BCUT2D eigenvalue weighted by Crippen LogP contribution is 2.45. The highest BCUT2D eigenvalue weighted by atomic mass is 32.2. The van der Waals surface area contributed by atoms with E-state index in [1.165, 1.54) is 10.5 Å². The molecule has 19 heavy (non-hydrogen) atoms. The molecule has 1 aromatic heterocycles. The molecule has 100 valence electrons. The maximum absolute atomic E-state index is 5.91. The van der Waals surface area contributed by atoms with Gasteiger partial charge in [-0.1, -0.05) is 30.3 Å². The van der Waals surface area contributed by atoms with Crippen LogP contribution < -0.4 is 5.73 Å². The molecular formula is C14H17N3OS. The Kier molecular flexibility index (Phi) is 3.57. The minimum Gasteiger partial charge on any atom is -0.338 e. The van der Waals surface area contributed by atoms with E-state index in [-0.39, 0.29) is 11.3 Å². The Morgan fingerprint density at radius 1 is 1.47 bits per heavy atom. The molecule has 0 amide bonds. The van der Waals surface area contributed by atoms with Crippen molar-refractivity contribution in [1.29, 1.82) is 0 Å². The van der Waals surface area contributed by atoms with Gasteiger partial charge >= 0.3 is 0 Å². The first-order valence-electron chi connectivity index (χ1n) is 6.59. The van der Waals surface area contributed by atoms with Gasteiger partial charge in [-0.3, -0.25) is 0 Å². The van der Waals surface area contributed by atoms with Crippen molar-refractivity contribution < 1.29 is 4.52 Å². The molecule has 2 atom stereocenters. The van der Waals surface area contributed by atoms with E-state index in [1.54, 1.807) is 11.8 Å². The first-order chi connectivity index (χ1) is 9.26. The van der Waals surface area contributed by atoms with Crippen LogP contribution >= 0.6 is 11.8 Å². The molecule has 4 nitrogen and oxygen atoms in total. The maximum Gasteiger partial charge on any atom is 0.240 e. The van der Waals surface area contributed by atoms with E-state index in [1.807, 2.05) is 0 Å². The number of aromatic nitrogens is 2. The number of hydrogen-bond acceptors (Lipinski definition) is 5. The van der Waals surface area contributed by atoms with Crippen LogP contribution in [0.4, 0.5) is 0 Å². The average Bonchev–Trinajstić information content (AvgIpc) is 3.04. The first kappa shape index (κ1) is 12.7. The summed E-state index contributed by atoms with van der Waals surface area (Å²) in [5.74, 6) is 1.44. The van der Waals surface area contributed by atoms with Gasteiger partial charge in [0.15, 0.2) is 5.82 Å². The van der Waals surface area contributed by atoms with Gasteiger partial charge in [0.25, 0.3) is 0 Å². The van der Waals surface area contributed by atoms with Gasteiger partial charge in [-0.05, 0) is 24.5 Å². The fraction of sp³-hybridized carbons (Fsp3) is 0.429. The number of fused-ring (bicyclic) bond motifs is 1. The summed E-state index contributed by atoms with van der Waals surface area (Å²) in [6.07, 6.45) is 2.57. The van der Waals surface area contributed by atoms with Crippen molar-refractivity contribution in [2.45, 2.75) is 42.4 Å². The van der Waals surface area contributed by atoms with Crippen molar-refractivity contribution in [3.8, 4) is 0 Å². The van der Waals surface area contributed by atoms with Gasteiger partial charge in [0.05, 0.1) is 5.25 Å². The normalized spacial score (nSPS) is 19.4. The van der Waals surface area contributed by atoms with Crippen molar-refractivity contribution in [3.63, 3.8) is 0 Å². The number of thioether (sulfide) groups is 1. The van der Waals surface area contributed by atoms with Crippen LogP contribution in [0.3, 0.4) is 0 Å². The molecule has 3 rings (SSSR count). The summed E-state index contributed by atoms with van der Waals surface area (Å²) < 4.78 is 5.39. The second-order valence-corrected chi connectivity index (χ2v) is 6.08. The zero-order chi connectivity index (χ0) is 13.2. The summed E-state index contributed by atoms with van der Waals surface area (Å²) >= 11 is 1.80. The van der Waals surface area contributed by atoms with Crippen molar-refractivity contribution in [2.24, 2.45) is 5.73 Å². The fourth-order valence-corrected chi connectivity index (χ4v) is 3.41. The smallest absolute Gasteiger partial charge is 0.240 e. The van der Waals surface area contributed by atoms with Crippen molar-refractivity contribution in [2.75, 3.05) is 0 Å². The van der Waals surface area contributed by atoms with E-state index in [0.29, 0.717) is 6.42 Å². The zero-order valence-electron chi connectivity index (χ0n) is 10.9. The Morgan fingerprint density at radius 2 is 2.32 bits per heavy atom. The summed E-state index contributed by atoms with van der Waals surface area (Å²) in [5, 5.41) is 4.28. The third-order valence-electron chi connectivity index (χ3n) is 3.38. The summed E-state index contributed by atoms with van der Waals surface area (Å²) in [6, 6.07) is 8.55. The zero-order valence-corrected chi connectivity index (χ0v) is 11.7. The van der Waals surface area contributed by atoms with E-state index < -0.39 is 0 Å². The molecule has 0 spiro atoms. The van der Waals surface area contributed by atoms with Crippen LogP contribution in [0.5, 0.6) is 0 Å². The van der Waals surface area contributed by atoms with Gasteiger partial charge in [-0.2, -0.15) is 4.98 Å². The van der Waals surface area contributed by atoms with E-state index in [9.17, 15) is 0 Å². The van der Waals surface area contributed by atoms with Crippen LogP contribution in [-0.2, 0) is 12.8 Å². The van der Waals surface area contributed by atoms with E-state index in [2.05, 4.69) is 41.3 Å². The topological polar surface area (TPSA) is 64.9 Å². The standard InChI is InChI=1S/C14H17N3OS/c1-2-10(15)8-13-16-14(18-17-13)12-7-9-5-3-4-6-11(9)19-12/h3-6,10,12H,2,7-8,15H2,1H3. The van der Waals surface area contributed by atoms with Crippen molar-refractivity contribution >= 4 is 11.8 Å². The van der Waals surface area contributed by atoms with Gasteiger partial charge in [-0.15, -0.1) is 11.8 Å². The first-order valence-corrected chi connectivity index (χ1v) is 7.47. The quantitative estimate of drug-likeness (QED) is 0.929. The van der Waals surface area contributed by atoms with Crippen LogP contribution in [0.2, 0.25) is 0 Å². The number of hydrogen-bond donors (Lipinski definition) is 1. The lowest BCUT2D eigenvalue weighted by atomic mass is 10.1. The minimum absolute atomic E-state index is 0.110. The fourth-order valence-electron chi connectivity index (χ4n) is 2.18. The van der Waals surface area contributed by atoms with E-state index in [0.717, 1.165) is 24.6 Å². The number of rotatable bonds is 4. The van der Waals surface area contributed by atoms with Crippen LogP contribution in [0.1, 0.15) is 35.9 Å². The van der Waals surface area contributed by atoms with Crippen LogP contribution in [0.25, 0.3) is 0 Å². The monoisotopic (exact) mass is 275 g/mol. The summed E-state index contributed by atoms with van der Waals surface area (Å²) in [5.41, 5.74) is 7.27. The Balaban J connectivity index is 1.72. The molecule has 2 aromatic rings. The molecule has 0 radical (unpaired) electrons. The third kappa shape index (κ3) is 2.67. The molecular weight excluding hydrogens is 258 g/mol. The molecule has 5 heteroatoms. The number of nitrogens with zero attached hydrogens (tertiary/aromatic N) is 2. The Labute approximate surface area is 116 Å². The molecule has 1 aliphatic rings. The Morgan fingerprint density at radius 3 is 3.11 bits per heavy atom. The van der Waals surface area contributed by atoms with Gasteiger partial charge in [0.1, 0.15) is 0 Å².